The number of ether oxygens (including phenoxy) is 3. The van der Waals surface area contributed by atoms with Crippen LogP contribution in [0.3, 0.4) is 0 Å². The standard InChI is InChI=1S/C15H21NO7S/c1-10-3-4-14(12(7-10)21-2)24(19,20)16-11-5-6-22-8-13(11)23-9-15(17)18/h3-4,7,11,13,16H,5-6,8-9H2,1-2H3,(H,17,18)/t11-,13-/m1/s1. The zero-order chi connectivity index (χ0) is 17.7. The van der Waals surface area contributed by atoms with Crippen molar-refractivity contribution in [3.8, 4) is 5.75 Å². The van der Waals surface area contributed by atoms with Gasteiger partial charge in [-0.1, -0.05) is 6.07 Å². The fourth-order valence-corrected chi connectivity index (χ4v) is 3.90. The molecule has 1 fully saturated rings. The Bertz CT molecular complexity index is 689. The Balaban J connectivity index is 2.18. The van der Waals surface area contributed by atoms with E-state index in [2.05, 4.69) is 4.72 Å². The number of carbonyl (C=O) groups is 1. The molecule has 1 saturated heterocycles. The Hall–Kier alpha value is -1.68. The molecular formula is C15H21NO7S. The van der Waals surface area contributed by atoms with E-state index in [1.54, 1.807) is 12.1 Å². The van der Waals surface area contributed by atoms with Crippen LogP contribution in [-0.2, 0) is 24.3 Å². The molecule has 2 atom stereocenters. The van der Waals surface area contributed by atoms with E-state index in [-0.39, 0.29) is 17.3 Å². The van der Waals surface area contributed by atoms with Gasteiger partial charge in [0.1, 0.15) is 17.3 Å². The highest BCUT2D eigenvalue weighted by Crippen LogP contribution is 2.26. The first-order valence-corrected chi connectivity index (χ1v) is 8.90. The van der Waals surface area contributed by atoms with E-state index in [9.17, 15) is 13.2 Å². The number of hydrogen-bond acceptors (Lipinski definition) is 6. The Morgan fingerprint density at radius 1 is 1.46 bits per heavy atom. The molecule has 0 amide bonds. The molecule has 9 heteroatoms. The number of carboxylic acid groups (broad SMARTS) is 1. The van der Waals surface area contributed by atoms with Crippen LogP contribution in [0.25, 0.3) is 0 Å². The molecule has 0 bridgehead atoms. The molecular weight excluding hydrogens is 338 g/mol. The van der Waals surface area contributed by atoms with E-state index in [4.69, 9.17) is 19.3 Å². The van der Waals surface area contributed by atoms with Crippen molar-refractivity contribution < 1.29 is 32.5 Å². The molecule has 1 heterocycles. The molecule has 0 unspecified atom stereocenters. The van der Waals surface area contributed by atoms with Gasteiger partial charge in [-0.05, 0) is 31.0 Å². The van der Waals surface area contributed by atoms with Crippen LogP contribution >= 0.6 is 0 Å². The Morgan fingerprint density at radius 3 is 2.88 bits per heavy atom. The van der Waals surface area contributed by atoms with Gasteiger partial charge in [0.15, 0.2) is 0 Å². The zero-order valence-corrected chi connectivity index (χ0v) is 14.3. The summed E-state index contributed by atoms with van der Waals surface area (Å²) in [7, 11) is -2.45. The fraction of sp³-hybridized carbons (Fsp3) is 0.533. The molecule has 8 nitrogen and oxygen atoms in total. The average molecular weight is 359 g/mol. The largest absolute Gasteiger partial charge is 0.495 e. The van der Waals surface area contributed by atoms with Gasteiger partial charge in [-0.3, -0.25) is 0 Å². The van der Waals surface area contributed by atoms with E-state index in [1.165, 1.54) is 13.2 Å². The van der Waals surface area contributed by atoms with Crippen LogP contribution < -0.4 is 9.46 Å². The molecule has 24 heavy (non-hydrogen) atoms. The Kier molecular flexibility index (Phi) is 6.16. The van der Waals surface area contributed by atoms with Crippen molar-refractivity contribution in [2.24, 2.45) is 0 Å². The molecule has 0 aromatic heterocycles. The van der Waals surface area contributed by atoms with Gasteiger partial charge < -0.3 is 19.3 Å². The second-order valence-corrected chi connectivity index (χ2v) is 7.17. The van der Waals surface area contributed by atoms with Gasteiger partial charge >= 0.3 is 5.97 Å². The minimum Gasteiger partial charge on any atom is -0.495 e. The summed E-state index contributed by atoms with van der Waals surface area (Å²) in [4.78, 5) is 10.7. The number of aryl methyl sites for hydroxylation is 1. The van der Waals surface area contributed by atoms with Gasteiger partial charge in [0.05, 0.1) is 25.9 Å². The molecule has 2 N–H and O–H groups in total. The lowest BCUT2D eigenvalue weighted by Crippen LogP contribution is -2.50. The quantitative estimate of drug-likeness (QED) is 0.731. The molecule has 1 aliphatic heterocycles. The summed E-state index contributed by atoms with van der Waals surface area (Å²) in [5, 5.41) is 8.71. The molecule has 1 aliphatic rings. The van der Waals surface area contributed by atoms with Gasteiger partial charge in [0.2, 0.25) is 10.0 Å². The average Bonchev–Trinajstić information content (AvgIpc) is 2.53. The predicted molar refractivity (Wildman–Crippen MR) is 84.7 cm³/mol. The molecule has 0 radical (unpaired) electrons. The molecule has 0 spiro atoms. The lowest BCUT2D eigenvalue weighted by atomic mass is 10.1. The number of aliphatic carboxylic acids is 1. The first-order chi connectivity index (χ1) is 11.3. The van der Waals surface area contributed by atoms with Crippen molar-refractivity contribution in [3.05, 3.63) is 23.8 Å². The van der Waals surface area contributed by atoms with Crippen molar-refractivity contribution in [1.82, 2.24) is 4.72 Å². The summed E-state index contributed by atoms with van der Waals surface area (Å²) < 4.78 is 43.6. The minimum absolute atomic E-state index is 0.0269. The van der Waals surface area contributed by atoms with Gasteiger partial charge in [-0.25, -0.2) is 17.9 Å². The number of sulfonamides is 1. The Morgan fingerprint density at radius 2 is 2.21 bits per heavy atom. The summed E-state index contributed by atoms with van der Waals surface area (Å²) in [6, 6.07) is 4.22. The van der Waals surface area contributed by atoms with Crippen LogP contribution in [-0.4, -0.2) is 58.6 Å². The number of methoxy groups -OCH3 is 1. The second kappa shape index (κ2) is 7.93. The predicted octanol–water partition coefficient (Wildman–Crippen LogP) is 0.541. The molecule has 1 aromatic carbocycles. The monoisotopic (exact) mass is 359 g/mol. The van der Waals surface area contributed by atoms with Crippen LogP contribution in [0.5, 0.6) is 5.75 Å². The minimum atomic E-state index is -3.85. The second-order valence-electron chi connectivity index (χ2n) is 5.49. The van der Waals surface area contributed by atoms with Crippen molar-refractivity contribution in [2.75, 3.05) is 26.9 Å². The van der Waals surface area contributed by atoms with Crippen molar-refractivity contribution in [2.45, 2.75) is 30.4 Å². The number of carboxylic acids is 1. The lowest BCUT2D eigenvalue weighted by Gasteiger charge is -2.31. The van der Waals surface area contributed by atoms with E-state index < -0.39 is 34.7 Å². The highest BCUT2D eigenvalue weighted by molar-refractivity contribution is 7.89. The SMILES string of the molecule is COc1cc(C)ccc1S(=O)(=O)N[C@@H]1CCOC[C@H]1OCC(=O)O. The van der Waals surface area contributed by atoms with E-state index in [1.807, 2.05) is 6.92 Å². The summed E-state index contributed by atoms with van der Waals surface area (Å²) >= 11 is 0. The van der Waals surface area contributed by atoms with Gasteiger partial charge in [-0.2, -0.15) is 0 Å². The first kappa shape index (κ1) is 18.7. The van der Waals surface area contributed by atoms with Crippen molar-refractivity contribution in [3.63, 3.8) is 0 Å². The van der Waals surface area contributed by atoms with E-state index >= 15 is 0 Å². The smallest absolute Gasteiger partial charge is 0.329 e. The molecule has 1 aromatic rings. The molecule has 0 saturated carbocycles. The molecule has 2 rings (SSSR count). The van der Waals surface area contributed by atoms with Crippen LogP contribution in [0.4, 0.5) is 0 Å². The Labute approximate surface area is 140 Å². The van der Waals surface area contributed by atoms with E-state index in [0.29, 0.717) is 13.0 Å². The third-order valence-electron chi connectivity index (χ3n) is 3.64. The summed E-state index contributed by atoms with van der Waals surface area (Å²) in [5.41, 5.74) is 0.875. The molecule has 134 valence electrons. The van der Waals surface area contributed by atoms with Crippen molar-refractivity contribution >= 4 is 16.0 Å². The summed E-state index contributed by atoms with van der Waals surface area (Å²) in [6.07, 6.45) is -0.279. The van der Waals surface area contributed by atoms with Gasteiger partial charge in [-0.15, -0.1) is 0 Å². The number of benzene rings is 1. The highest BCUT2D eigenvalue weighted by atomic mass is 32.2. The zero-order valence-electron chi connectivity index (χ0n) is 13.5. The van der Waals surface area contributed by atoms with Crippen LogP contribution in [0.1, 0.15) is 12.0 Å². The van der Waals surface area contributed by atoms with Crippen LogP contribution in [0, 0.1) is 6.92 Å². The fourth-order valence-electron chi connectivity index (χ4n) is 2.45. The van der Waals surface area contributed by atoms with Crippen LogP contribution in [0.2, 0.25) is 0 Å². The normalized spacial score (nSPS) is 21.4. The summed E-state index contributed by atoms with van der Waals surface area (Å²) in [5.74, 6) is -0.875. The number of hydrogen-bond donors (Lipinski definition) is 2. The molecule has 0 aliphatic carbocycles. The first-order valence-electron chi connectivity index (χ1n) is 7.41. The third kappa shape index (κ3) is 4.67. The third-order valence-corrected chi connectivity index (χ3v) is 5.17. The number of nitrogens with one attached hydrogen (secondary N) is 1. The van der Waals surface area contributed by atoms with Gasteiger partial charge in [0.25, 0.3) is 0 Å². The van der Waals surface area contributed by atoms with E-state index in [0.717, 1.165) is 5.56 Å². The van der Waals surface area contributed by atoms with Gasteiger partial charge in [0, 0.05) is 6.61 Å². The maximum absolute atomic E-state index is 12.7. The number of rotatable bonds is 7. The summed E-state index contributed by atoms with van der Waals surface area (Å²) in [6.45, 7) is 1.82. The topological polar surface area (TPSA) is 111 Å². The lowest BCUT2D eigenvalue weighted by molar-refractivity contribution is -0.148. The maximum atomic E-state index is 12.7. The van der Waals surface area contributed by atoms with Crippen LogP contribution in [0.15, 0.2) is 23.1 Å². The highest BCUT2D eigenvalue weighted by Gasteiger charge is 2.32. The maximum Gasteiger partial charge on any atom is 0.329 e. The van der Waals surface area contributed by atoms with Crippen molar-refractivity contribution in [1.29, 1.82) is 0 Å².